The van der Waals surface area contributed by atoms with E-state index in [1.165, 1.54) is 16.3 Å². The first kappa shape index (κ1) is 14.8. The van der Waals surface area contributed by atoms with E-state index in [9.17, 15) is 0 Å². The summed E-state index contributed by atoms with van der Waals surface area (Å²) in [5, 5.41) is 3.02. The molecule has 3 aromatic carbocycles. The summed E-state index contributed by atoms with van der Waals surface area (Å²) in [5.74, 6) is 0. The van der Waals surface area contributed by atoms with E-state index in [4.69, 9.17) is 0 Å². The van der Waals surface area contributed by atoms with Crippen LogP contribution in [-0.4, -0.2) is 40.0 Å². The topological polar surface area (TPSA) is 0 Å². The van der Waals surface area contributed by atoms with Gasteiger partial charge >= 0.3 is 149 Å². The van der Waals surface area contributed by atoms with Gasteiger partial charge in [0, 0.05) is 0 Å². The van der Waals surface area contributed by atoms with Crippen molar-refractivity contribution in [1.29, 1.82) is 0 Å². The fourth-order valence-electron chi connectivity index (χ4n) is 3.01. The minimum absolute atomic E-state index is 0.0182. The Bertz CT molecular complexity index is 980. The summed E-state index contributed by atoms with van der Waals surface area (Å²) < 4.78 is 6.42. The molecule has 0 aliphatic heterocycles. The van der Waals surface area contributed by atoms with Crippen molar-refractivity contribution in [2.45, 2.75) is 11.9 Å². The van der Waals surface area contributed by atoms with Crippen molar-refractivity contribution in [2.24, 2.45) is 0 Å². The van der Waals surface area contributed by atoms with E-state index in [-0.39, 0.29) is 20.9 Å². The van der Waals surface area contributed by atoms with Gasteiger partial charge in [-0.3, -0.25) is 0 Å². The van der Waals surface area contributed by atoms with Gasteiger partial charge in [0.05, 0.1) is 0 Å². The maximum absolute atomic E-state index is 2.48. The van der Waals surface area contributed by atoms with Gasteiger partial charge in [0.2, 0.25) is 0 Å². The van der Waals surface area contributed by atoms with Crippen LogP contribution in [-0.2, 0) is 0 Å². The number of rotatable bonds is 2. The van der Waals surface area contributed by atoms with Gasteiger partial charge in [-0.05, 0) is 0 Å². The van der Waals surface area contributed by atoms with Crippen molar-refractivity contribution >= 4 is 61.2 Å². The Balaban J connectivity index is 2.16. The maximum atomic E-state index is 2.48. The molecule has 22 heavy (non-hydrogen) atoms. The van der Waals surface area contributed by atoms with Crippen LogP contribution < -0.4 is 3.61 Å². The van der Waals surface area contributed by atoms with E-state index in [0.29, 0.717) is 0 Å². The zero-order valence-electron chi connectivity index (χ0n) is 12.7. The zero-order valence-corrected chi connectivity index (χ0v) is 17.3. The van der Waals surface area contributed by atoms with Crippen LogP contribution in [0.3, 0.4) is 0 Å². The van der Waals surface area contributed by atoms with Crippen molar-refractivity contribution in [3.8, 4) is 3.61 Å². The monoisotopic (exact) mass is 517 g/mol. The predicted molar refractivity (Wildman–Crippen MR) is 100 cm³/mol. The Hall–Kier alpha value is -0.761. The van der Waals surface area contributed by atoms with E-state index < -0.39 is 19.1 Å². The molecule has 0 amide bonds. The molecule has 0 fully saturated rings. The summed E-state index contributed by atoms with van der Waals surface area (Å²) in [6.45, 7) is 2.20. The molecule has 1 heterocycles. The number of aryl methyl sites for hydroxylation is 1. The van der Waals surface area contributed by atoms with Gasteiger partial charge in [-0.25, -0.2) is 0 Å². The van der Waals surface area contributed by atoms with Crippen molar-refractivity contribution in [2.75, 3.05) is 0 Å². The average molecular weight is 513 g/mol. The Morgan fingerprint density at radius 3 is 2.41 bits per heavy atom. The van der Waals surface area contributed by atoms with Gasteiger partial charge in [0.25, 0.3) is 0 Å². The minimum atomic E-state index is -1.65. The van der Waals surface area contributed by atoms with Gasteiger partial charge < -0.3 is 0 Å². The molecule has 0 nitrogen and oxygen atoms in total. The van der Waals surface area contributed by atoms with Crippen LogP contribution in [0.15, 0.2) is 66.7 Å². The third-order valence-electron chi connectivity index (χ3n) is 4.03. The van der Waals surface area contributed by atoms with Crippen molar-refractivity contribution in [3.05, 3.63) is 72.3 Å². The van der Waals surface area contributed by atoms with Crippen molar-refractivity contribution in [3.63, 3.8) is 0 Å². The molecule has 0 radical (unpaired) electrons. The molecular weight excluding hydrogens is 495 g/mol. The second-order valence-corrected chi connectivity index (χ2v) is 13.6. The molecule has 0 bridgehead atoms. The molecule has 0 aliphatic carbocycles. The van der Waals surface area contributed by atoms with E-state index >= 15 is 0 Å². The van der Waals surface area contributed by atoms with Crippen molar-refractivity contribution < 1.29 is 0 Å². The number of benzene rings is 3. The van der Waals surface area contributed by atoms with Crippen LogP contribution >= 0.6 is 0 Å². The summed E-state index contributed by atoms with van der Waals surface area (Å²) in [7, 11) is 0. The fraction of sp³-hybridized carbons (Fsp3) is 0.100. The molecule has 0 saturated carbocycles. The quantitative estimate of drug-likeness (QED) is 0.349. The Kier molecular flexibility index (Phi) is 4.06. The van der Waals surface area contributed by atoms with E-state index in [1.807, 2.05) is 0 Å². The van der Waals surface area contributed by atoms with E-state index in [1.54, 1.807) is 14.0 Å². The van der Waals surface area contributed by atoms with Gasteiger partial charge in [0.15, 0.2) is 0 Å². The third kappa shape index (κ3) is 2.44. The molecule has 0 N–H and O–H groups in total. The van der Waals surface area contributed by atoms with Gasteiger partial charge in [0.1, 0.15) is 0 Å². The van der Waals surface area contributed by atoms with Crippen LogP contribution in [0.2, 0.25) is 4.97 Å². The molecule has 4 rings (SSSR count). The predicted octanol–water partition coefficient (Wildman–Crippen LogP) is 4.41. The van der Waals surface area contributed by atoms with Crippen LogP contribution in [0.5, 0.6) is 0 Å². The molecule has 108 valence electrons. The summed E-state index contributed by atoms with van der Waals surface area (Å²) >= 11 is -1.67. The Morgan fingerprint density at radius 1 is 0.773 bits per heavy atom. The normalized spacial score (nSPS) is 11.4. The molecule has 2 heteroatoms. The Labute approximate surface area is 148 Å². The molecule has 4 aromatic rings. The average Bonchev–Trinajstić information content (AvgIpc) is 2.88. The third-order valence-corrected chi connectivity index (χ3v) is 12.7. The summed E-state index contributed by atoms with van der Waals surface area (Å²) in [6.07, 6.45) is 0. The number of fused-ring (bicyclic) bond motifs is 3. The fourth-order valence-corrected chi connectivity index (χ4v) is 11.3. The molecule has 0 aliphatic rings. The molecule has 0 saturated heterocycles. The first-order chi connectivity index (χ1) is 10.8. The Morgan fingerprint density at radius 2 is 1.59 bits per heavy atom. The second-order valence-electron chi connectivity index (χ2n) is 5.48. The van der Waals surface area contributed by atoms with E-state index in [0.717, 1.165) is 0 Å². The summed E-state index contributed by atoms with van der Waals surface area (Å²) in [4.78, 5) is 2.37. The van der Waals surface area contributed by atoms with Crippen LogP contribution in [0, 0.1) is 6.92 Å². The molecule has 0 spiro atoms. The van der Waals surface area contributed by atoms with Gasteiger partial charge in [-0.1, -0.05) is 0 Å². The molecule has 0 unspecified atom stereocenters. The molecule has 0 atom stereocenters. The molecular formula is C20H17Te2+. The first-order valence-electron chi connectivity index (χ1n) is 7.36. The number of hydrogen-bond acceptors (Lipinski definition) is 0. The van der Waals surface area contributed by atoms with Gasteiger partial charge in [-0.15, -0.1) is 0 Å². The summed E-state index contributed by atoms with van der Waals surface area (Å²) in [5.41, 5.74) is 1.38. The first-order valence-corrected chi connectivity index (χ1v) is 14.4. The standard InChI is InChI=1S/C20H17Te2/c1-14-6-5-7-16(12-14)22-19-9-4-3-8-17(19)18-13-15(21-2)10-11-20(18)22/h3-13H,1-2H3/q+1. The molecule has 1 aromatic heterocycles. The second kappa shape index (κ2) is 6.03. The van der Waals surface area contributed by atoms with Gasteiger partial charge in [-0.2, -0.15) is 0 Å². The van der Waals surface area contributed by atoms with E-state index in [2.05, 4.69) is 78.6 Å². The van der Waals surface area contributed by atoms with Crippen molar-refractivity contribution in [1.82, 2.24) is 0 Å². The van der Waals surface area contributed by atoms with Crippen LogP contribution in [0.25, 0.3) is 21.2 Å². The zero-order chi connectivity index (χ0) is 15.1. The number of hydrogen-bond donors (Lipinski definition) is 0. The van der Waals surface area contributed by atoms with Crippen LogP contribution in [0.1, 0.15) is 5.56 Å². The summed E-state index contributed by atoms with van der Waals surface area (Å²) in [6, 6.07) is 25.6. The van der Waals surface area contributed by atoms with Crippen LogP contribution in [0.4, 0.5) is 0 Å². The SMILES string of the molecule is C[Te]c1ccc2c(c1)c1ccccc1[te+]2-c1cccc(C)c1.